The summed E-state index contributed by atoms with van der Waals surface area (Å²) in [5.74, 6) is -0.311. The summed E-state index contributed by atoms with van der Waals surface area (Å²) < 4.78 is 28.2. The van der Waals surface area contributed by atoms with E-state index in [2.05, 4.69) is 20.2 Å². The summed E-state index contributed by atoms with van der Waals surface area (Å²) in [5.41, 5.74) is 3.41. The second-order valence-corrected chi connectivity index (χ2v) is 3.88. The number of hydrogen-bond acceptors (Lipinski definition) is 4. The first-order valence-electron chi connectivity index (χ1n) is 5.93. The third-order valence-corrected chi connectivity index (χ3v) is 2.43. The summed E-state index contributed by atoms with van der Waals surface area (Å²) in [6, 6.07) is 8.97. The predicted octanol–water partition coefficient (Wildman–Crippen LogP) is 2.45. The standard InChI is InChI=1S/C14H11F2N3O2/c15-14(16)21-12-3-1-10(2-4-12)9-18-19-13(20)11-5-7-17-8-6-11/h1-9,14H,(H,19,20)/b18-9-. The van der Waals surface area contributed by atoms with E-state index in [4.69, 9.17) is 0 Å². The van der Waals surface area contributed by atoms with E-state index < -0.39 is 6.61 Å². The molecule has 21 heavy (non-hydrogen) atoms. The van der Waals surface area contributed by atoms with Gasteiger partial charge in [0.05, 0.1) is 6.21 Å². The van der Waals surface area contributed by atoms with Gasteiger partial charge in [-0.1, -0.05) is 0 Å². The number of amides is 1. The molecule has 0 saturated carbocycles. The smallest absolute Gasteiger partial charge is 0.387 e. The van der Waals surface area contributed by atoms with Crippen LogP contribution in [0, 0.1) is 0 Å². The second-order valence-electron chi connectivity index (χ2n) is 3.88. The second kappa shape index (κ2) is 7.09. The Morgan fingerprint density at radius 3 is 2.48 bits per heavy atom. The van der Waals surface area contributed by atoms with Crippen LogP contribution in [-0.2, 0) is 0 Å². The molecule has 0 atom stereocenters. The topological polar surface area (TPSA) is 63.6 Å². The van der Waals surface area contributed by atoms with E-state index in [9.17, 15) is 13.6 Å². The van der Waals surface area contributed by atoms with Gasteiger partial charge in [0.25, 0.3) is 5.91 Å². The third-order valence-electron chi connectivity index (χ3n) is 2.43. The number of benzene rings is 1. The Bertz CT molecular complexity index is 616. The molecule has 1 aromatic heterocycles. The Morgan fingerprint density at radius 2 is 1.86 bits per heavy atom. The number of alkyl halides is 2. The molecule has 1 heterocycles. The van der Waals surface area contributed by atoms with E-state index in [1.165, 1.54) is 30.7 Å². The first kappa shape index (κ1) is 14.6. The number of pyridine rings is 1. The van der Waals surface area contributed by atoms with Gasteiger partial charge in [0.15, 0.2) is 0 Å². The van der Waals surface area contributed by atoms with Crippen LogP contribution in [0.1, 0.15) is 15.9 Å². The molecule has 2 rings (SSSR count). The number of carbonyl (C=O) groups is 1. The fraction of sp³-hybridized carbons (Fsp3) is 0.0714. The van der Waals surface area contributed by atoms with Crippen molar-refractivity contribution in [3.8, 4) is 5.75 Å². The Hall–Kier alpha value is -2.83. The molecule has 0 aliphatic rings. The molecule has 7 heteroatoms. The Morgan fingerprint density at radius 1 is 1.19 bits per heavy atom. The summed E-state index contributed by atoms with van der Waals surface area (Å²) in [5, 5.41) is 3.77. The summed E-state index contributed by atoms with van der Waals surface area (Å²) in [4.78, 5) is 15.5. The maximum atomic E-state index is 12.0. The monoisotopic (exact) mass is 291 g/mol. The predicted molar refractivity (Wildman–Crippen MR) is 72.4 cm³/mol. The zero-order chi connectivity index (χ0) is 15.1. The minimum Gasteiger partial charge on any atom is -0.435 e. The van der Waals surface area contributed by atoms with Crippen molar-refractivity contribution >= 4 is 12.1 Å². The van der Waals surface area contributed by atoms with Gasteiger partial charge in [-0.15, -0.1) is 0 Å². The molecule has 0 aliphatic heterocycles. The number of carbonyl (C=O) groups excluding carboxylic acids is 1. The molecule has 5 nitrogen and oxygen atoms in total. The molecule has 0 aliphatic carbocycles. The Balaban J connectivity index is 1.91. The van der Waals surface area contributed by atoms with Gasteiger partial charge in [0, 0.05) is 18.0 Å². The highest BCUT2D eigenvalue weighted by atomic mass is 19.3. The molecular weight excluding hydrogens is 280 g/mol. The first-order chi connectivity index (χ1) is 10.1. The lowest BCUT2D eigenvalue weighted by Gasteiger charge is -2.03. The number of nitrogens with one attached hydrogen (secondary N) is 1. The summed E-state index contributed by atoms with van der Waals surface area (Å²) in [6.07, 6.45) is 4.39. The molecule has 1 N–H and O–H groups in total. The molecule has 1 amide bonds. The molecule has 2 aromatic rings. The van der Waals surface area contributed by atoms with E-state index in [0.717, 1.165) is 0 Å². The average molecular weight is 291 g/mol. The molecule has 108 valence electrons. The first-order valence-corrected chi connectivity index (χ1v) is 5.93. The average Bonchev–Trinajstić information content (AvgIpc) is 2.49. The molecule has 0 unspecified atom stereocenters. The van der Waals surface area contributed by atoms with Crippen molar-refractivity contribution in [1.29, 1.82) is 0 Å². The molecule has 0 radical (unpaired) electrons. The Labute approximate surface area is 119 Å². The number of aromatic nitrogens is 1. The van der Waals surface area contributed by atoms with Crippen molar-refractivity contribution in [3.63, 3.8) is 0 Å². The van der Waals surface area contributed by atoms with Gasteiger partial charge in [0.1, 0.15) is 5.75 Å². The van der Waals surface area contributed by atoms with Crippen LogP contribution in [0.4, 0.5) is 8.78 Å². The zero-order valence-corrected chi connectivity index (χ0v) is 10.7. The number of hydrogen-bond donors (Lipinski definition) is 1. The lowest BCUT2D eigenvalue weighted by Crippen LogP contribution is -2.17. The van der Waals surface area contributed by atoms with Crippen molar-refractivity contribution in [2.75, 3.05) is 0 Å². The van der Waals surface area contributed by atoms with Crippen molar-refractivity contribution in [3.05, 3.63) is 59.9 Å². The van der Waals surface area contributed by atoms with Gasteiger partial charge in [-0.3, -0.25) is 9.78 Å². The maximum Gasteiger partial charge on any atom is 0.387 e. The van der Waals surface area contributed by atoms with Crippen LogP contribution in [-0.4, -0.2) is 23.7 Å². The van der Waals surface area contributed by atoms with E-state index in [0.29, 0.717) is 11.1 Å². The quantitative estimate of drug-likeness (QED) is 0.680. The molecule has 0 spiro atoms. The fourth-order valence-electron chi connectivity index (χ4n) is 1.47. The molecule has 0 saturated heterocycles. The van der Waals surface area contributed by atoms with Crippen molar-refractivity contribution < 1.29 is 18.3 Å². The van der Waals surface area contributed by atoms with Gasteiger partial charge in [0.2, 0.25) is 0 Å². The fourth-order valence-corrected chi connectivity index (χ4v) is 1.47. The summed E-state index contributed by atoms with van der Waals surface area (Å²) in [6.45, 7) is -2.86. The van der Waals surface area contributed by atoms with Crippen LogP contribution in [0.15, 0.2) is 53.9 Å². The molecular formula is C14H11F2N3O2. The number of rotatable bonds is 5. The van der Waals surface area contributed by atoms with Crippen LogP contribution in [0.25, 0.3) is 0 Å². The Kier molecular flexibility index (Phi) is 4.92. The minimum absolute atomic E-state index is 0.0583. The van der Waals surface area contributed by atoms with Crippen LogP contribution in [0.2, 0.25) is 0 Å². The van der Waals surface area contributed by atoms with E-state index in [1.807, 2.05) is 0 Å². The third kappa shape index (κ3) is 4.64. The van der Waals surface area contributed by atoms with Crippen LogP contribution in [0.5, 0.6) is 5.75 Å². The normalized spacial score (nSPS) is 10.8. The highest BCUT2D eigenvalue weighted by Crippen LogP contribution is 2.13. The molecule has 0 fully saturated rings. The maximum absolute atomic E-state index is 12.0. The molecule has 0 bridgehead atoms. The van der Waals surface area contributed by atoms with Crippen molar-refractivity contribution in [2.24, 2.45) is 5.10 Å². The van der Waals surface area contributed by atoms with Crippen LogP contribution >= 0.6 is 0 Å². The van der Waals surface area contributed by atoms with Crippen LogP contribution < -0.4 is 10.2 Å². The van der Waals surface area contributed by atoms with E-state index in [-0.39, 0.29) is 11.7 Å². The lowest BCUT2D eigenvalue weighted by molar-refractivity contribution is -0.0498. The molecule has 1 aromatic carbocycles. The number of ether oxygens (including phenoxy) is 1. The minimum atomic E-state index is -2.86. The van der Waals surface area contributed by atoms with Gasteiger partial charge < -0.3 is 4.74 Å². The van der Waals surface area contributed by atoms with Crippen molar-refractivity contribution in [1.82, 2.24) is 10.4 Å². The van der Waals surface area contributed by atoms with E-state index in [1.54, 1.807) is 24.3 Å². The highest BCUT2D eigenvalue weighted by molar-refractivity contribution is 5.94. The van der Waals surface area contributed by atoms with Crippen molar-refractivity contribution in [2.45, 2.75) is 6.61 Å². The number of hydrazone groups is 1. The number of nitrogens with zero attached hydrogens (tertiary/aromatic N) is 2. The largest absolute Gasteiger partial charge is 0.435 e. The van der Waals surface area contributed by atoms with Gasteiger partial charge >= 0.3 is 6.61 Å². The summed E-state index contributed by atoms with van der Waals surface area (Å²) in [7, 11) is 0. The van der Waals surface area contributed by atoms with Crippen LogP contribution in [0.3, 0.4) is 0 Å². The SMILES string of the molecule is O=C(N/N=C\c1ccc(OC(F)F)cc1)c1ccncc1. The highest BCUT2D eigenvalue weighted by Gasteiger charge is 2.03. The van der Waals surface area contributed by atoms with Gasteiger partial charge in [-0.2, -0.15) is 13.9 Å². The van der Waals surface area contributed by atoms with Gasteiger partial charge in [-0.05, 0) is 42.0 Å². The van der Waals surface area contributed by atoms with Gasteiger partial charge in [-0.25, -0.2) is 5.43 Å². The zero-order valence-electron chi connectivity index (χ0n) is 10.7. The summed E-state index contributed by atoms with van der Waals surface area (Å²) >= 11 is 0. The van der Waals surface area contributed by atoms with E-state index >= 15 is 0 Å². The lowest BCUT2D eigenvalue weighted by atomic mass is 10.2. The number of halogens is 2.